The molecule has 4 saturated carbocycles. The molecule has 19 heteroatoms. The van der Waals surface area contributed by atoms with E-state index in [-0.39, 0.29) is 47.2 Å². The Bertz CT molecular complexity index is 1640. The molecule has 366 valence electrons. The van der Waals surface area contributed by atoms with E-state index in [2.05, 4.69) is 27.7 Å². The Morgan fingerprint density at radius 3 is 1.80 bits per heavy atom. The molecule has 5 heterocycles. The van der Waals surface area contributed by atoms with E-state index < -0.39 is 123 Å². The maximum Gasteiger partial charge on any atom is 0.187 e. The Hall–Kier alpha value is -1.05. The SMILES string of the molecule is CC1C2C(CC3C4CC[C@H]5CC(O[C@@H]6O[C@H](CO)[C@H](O[C@H]7O[C@H](CO)[C@@H](O[C@@H]8O[C@H](CO)[C@@H](O)[C@H](O)[C@H]8O)[C@H](O)[C@H]7O)[C@H](O)[C@H]6O)CC[C@]5(C)C4CC(=O)[C@@]32C)OC12CC[C@@H](C)CO2. The first-order valence-corrected chi connectivity index (χ1v) is 23.8. The number of aliphatic hydroxyl groups is 10. The minimum atomic E-state index is -1.92. The number of rotatable bonds is 9. The number of fused-ring (bicyclic) bond motifs is 7. The highest BCUT2D eigenvalue weighted by Crippen LogP contribution is 2.70. The third-order valence-corrected chi connectivity index (χ3v) is 18.1. The molecule has 4 aliphatic carbocycles. The molecule has 27 atom stereocenters. The number of hydrogen-bond donors (Lipinski definition) is 10. The third-order valence-electron chi connectivity index (χ3n) is 18.1. The van der Waals surface area contributed by atoms with Gasteiger partial charge in [-0.1, -0.05) is 27.7 Å². The van der Waals surface area contributed by atoms with Gasteiger partial charge in [-0.15, -0.1) is 0 Å². The molecule has 9 fully saturated rings. The van der Waals surface area contributed by atoms with Crippen LogP contribution in [-0.4, -0.2) is 193 Å². The number of aliphatic hydroxyl groups excluding tert-OH is 10. The molecule has 0 amide bonds. The first-order chi connectivity index (χ1) is 30.4. The predicted molar refractivity (Wildman–Crippen MR) is 216 cm³/mol. The number of hydrogen-bond acceptors (Lipinski definition) is 19. The van der Waals surface area contributed by atoms with E-state index in [1.54, 1.807) is 0 Å². The molecule has 9 rings (SSSR count). The van der Waals surface area contributed by atoms with E-state index >= 15 is 0 Å². The van der Waals surface area contributed by atoms with Gasteiger partial charge in [0.1, 0.15) is 79.0 Å². The third kappa shape index (κ3) is 7.67. The van der Waals surface area contributed by atoms with Crippen molar-refractivity contribution in [3.05, 3.63) is 0 Å². The zero-order chi connectivity index (χ0) is 45.8. The van der Waals surface area contributed by atoms with E-state index in [0.717, 1.165) is 38.5 Å². The second-order valence-corrected chi connectivity index (χ2v) is 21.4. The molecule has 5 saturated heterocycles. The van der Waals surface area contributed by atoms with Crippen molar-refractivity contribution in [1.29, 1.82) is 0 Å². The number of Topliss-reactive ketones (excluding diaryl/α,β-unsaturated/α-hetero) is 1. The van der Waals surface area contributed by atoms with E-state index in [4.69, 9.17) is 37.9 Å². The summed E-state index contributed by atoms with van der Waals surface area (Å²) in [6.45, 7) is 7.45. The second kappa shape index (κ2) is 18.0. The normalized spacial score (nSPS) is 57.5. The average molecular weight is 917 g/mol. The number of carbonyl (C=O) groups is 1. The summed E-state index contributed by atoms with van der Waals surface area (Å²) in [6, 6.07) is 0. The molecule has 0 radical (unpaired) electrons. The molecule has 19 nitrogen and oxygen atoms in total. The number of ketones is 1. The maximum absolute atomic E-state index is 14.6. The van der Waals surface area contributed by atoms with Crippen LogP contribution >= 0.6 is 0 Å². The van der Waals surface area contributed by atoms with Gasteiger partial charge >= 0.3 is 0 Å². The summed E-state index contributed by atoms with van der Waals surface area (Å²) in [5, 5.41) is 106. The minimum Gasteiger partial charge on any atom is -0.394 e. The molecule has 64 heavy (non-hydrogen) atoms. The van der Waals surface area contributed by atoms with Gasteiger partial charge < -0.3 is 89.0 Å². The summed E-state index contributed by atoms with van der Waals surface area (Å²) in [6.07, 6.45) is -17.4. The fourth-order valence-electron chi connectivity index (χ4n) is 14.4. The Kier molecular flexibility index (Phi) is 13.5. The molecule has 10 N–H and O–H groups in total. The first kappa shape index (κ1) is 48.0. The van der Waals surface area contributed by atoms with Crippen molar-refractivity contribution < 1.29 is 93.8 Å². The Morgan fingerprint density at radius 2 is 1.22 bits per heavy atom. The summed E-state index contributed by atoms with van der Waals surface area (Å²) in [7, 11) is 0. The second-order valence-electron chi connectivity index (χ2n) is 21.4. The molecule has 1 spiro atoms. The zero-order valence-corrected chi connectivity index (χ0v) is 37.2. The minimum absolute atomic E-state index is 0.0187. The lowest BCUT2D eigenvalue weighted by Gasteiger charge is -2.60. The van der Waals surface area contributed by atoms with Crippen LogP contribution in [0.15, 0.2) is 0 Å². The van der Waals surface area contributed by atoms with Crippen molar-refractivity contribution in [1.82, 2.24) is 0 Å². The van der Waals surface area contributed by atoms with Crippen LogP contribution in [0.1, 0.15) is 85.5 Å². The van der Waals surface area contributed by atoms with Crippen LogP contribution in [0.2, 0.25) is 0 Å². The summed E-state index contributed by atoms with van der Waals surface area (Å²) in [4.78, 5) is 14.6. The highest BCUT2D eigenvalue weighted by Gasteiger charge is 2.72. The highest BCUT2D eigenvalue weighted by atomic mass is 16.8. The van der Waals surface area contributed by atoms with Gasteiger partial charge in [0.25, 0.3) is 0 Å². The van der Waals surface area contributed by atoms with Crippen LogP contribution in [0.5, 0.6) is 0 Å². The molecule has 8 unspecified atom stereocenters. The van der Waals surface area contributed by atoms with Crippen LogP contribution in [0.25, 0.3) is 0 Å². The summed E-state index contributed by atoms with van der Waals surface area (Å²) >= 11 is 0. The van der Waals surface area contributed by atoms with Gasteiger partial charge in [0, 0.05) is 30.1 Å². The molecule has 0 aromatic rings. The van der Waals surface area contributed by atoms with E-state index in [0.29, 0.717) is 43.5 Å². The fourth-order valence-corrected chi connectivity index (χ4v) is 14.4. The van der Waals surface area contributed by atoms with Gasteiger partial charge in [0.05, 0.1) is 38.6 Å². The quantitative estimate of drug-likeness (QED) is 0.117. The summed E-state index contributed by atoms with van der Waals surface area (Å²) in [5.41, 5.74) is -0.539. The summed E-state index contributed by atoms with van der Waals surface area (Å²) in [5.74, 6) is 1.71. The smallest absolute Gasteiger partial charge is 0.187 e. The predicted octanol–water partition coefficient (Wildman–Crippen LogP) is -1.55. The lowest BCUT2D eigenvalue weighted by molar-refractivity contribution is -0.381. The van der Waals surface area contributed by atoms with Gasteiger partial charge in [0.2, 0.25) is 0 Å². The van der Waals surface area contributed by atoms with Gasteiger partial charge in [-0.25, -0.2) is 0 Å². The zero-order valence-electron chi connectivity index (χ0n) is 37.2. The lowest BCUT2D eigenvalue weighted by atomic mass is 9.44. The Morgan fingerprint density at radius 1 is 0.641 bits per heavy atom. The average Bonchev–Trinajstić information content (AvgIpc) is 3.73. The Balaban J connectivity index is 0.811. The van der Waals surface area contributed by atoms with Crippen molar-refractivity contribution in [2.24, 2.45) is 52.3 Å². The van der Waals surface area contributed by atoms with E-state index in [1.807, 2.05) is 0 Å². The lowest BCUT2D eigenvalue weighted by Crippen LogP contribution is -2.66. The standard InChI is InChI=1S/C45H72O19/c1-18-7-10-45(57-17-18)19(2)30-25(64-45)12-24-22-6-5-20-11-21(8-9-43(20,3)23(22)13-29(49)44(24,30)4)58-40-36(55)33(52)38(27(15-47)60-40)63-42-37(56)34(53)39(28(16-48)61-42)62-41-35(54)32(51)31(50)26(14-46)59-41/h18-28,30-42,46-48,50-56H,5-17H2,1-4H3/t18-,19?,20+,21?,22?,23?,24?,25?,26-,27-,28-,30?,31-,32+,33-,34-,35-,36-,37-,38+,39-,40-,41+,42-,43+,44-,45?/m1/s1. The highest BCUT2D eigenvalue weighted by molar-refractivity contribution is 5.87. The Labute approximate surface area is 373 Å². The van der Waals surface area contributed by atoms with Crippen LogP contribution in [-0.2, 0) is 42.7 Å². The fraction of sp³-hybridized carbons (Fsp3) is 0.978. The molecule has 9 aliphatic rings. The van der Waals surface area contributed by atoms with Gasteiger partial charge in [-0.2, -0.15) is 0 Å². The van der Waals surface area contributed by atoms with Crippen molar-refractivity contribution in [3.8, 4) is 0 Å². The van der Waals surface area contributed by atoms with Crippen LogP contribution < -0.4 is 0 Å². The molecular weight excluding hydrogens is 844 g/mol. The number of carbonyl (C=O) groups excluding carboxylic acids is 1. The van der Waals surface area contributed by atoms with Crippen molar-refractivity contribution >= 4 is 5.78 Å². The molecule has 5 aliphatic heterocycles. The van der Waals surface area contributed by atoms with Crippen LogP contribution in [0, 0.1) is 52.3 Å². The van der Waals surface area contributed by atoms with Crippen molar-refractivity contribution in [2.75, 3.05) is 26.4 Å². The van der Waals surface area contributed by atoms with Crippen LogP contribution in [0.3, 0.4) is 0 Å². The topological polar surface area (TPSA) is 293 Å². The van der Waals surface area contributed by atoms with Crippen LogP contribution in [0.4, 0.5) is 0 Å². The van der Waals surface area contributed by atoms with Gasteiger partial charge in [-0.05, 0) is 80.0 Å². The largest absolute Gasteiger partial charge is 0.394 e. The van der Waals surface area contributed by atoms with E-state index in [9.17, 15) is 55.9 Å². The monoisotopic (exact) mass is 916 g/mol. The van der Waals surface area contributed by atoms with E-state index in [1.165, 1.54) is 0 Å². The molecule has 0 aromatic carbocycles. The van der Waals surface area contributed by atoms with Gasteiger partial charge in [0.15, 0.2) is 24.7 Å². The van der Waals surface area contributed by atoms with Crippen molar-refractivity contribution in [2.45, 2.75) is 196 Å². The molecule has 0 aromatic heterocycles. The maximum atomic E-state index is 14.6. The van der Waals surface area contributed by atoms with Gasteiger partial charge in [-0.3, -0.25) is 4.79 Å². The molecular formula is C45H72O19. The number of ether oxygens (including phenoxy) is 8. The summed E-state index contributed by atoms with van der Waals surface area (Å²) < 4.78 is 48.3. The van der Waals surface area contributed by atoms with Crippen molar-refractivity contribution in [3.63, 3.8) is 0 Å². The molecule has 0 bridgehead atoms. The first-order valence-electron chi connectivity index (χ1n) is 23.8.